The lowest BCUT2D eigenvalue weighted by Gasteiger charge is -2.39. The summed E-state index contributed by atoms with van der Waals surface area (Å²) in [5.74, 6) is 2.10. The average molecular weight is 442 g/mol. The second kappa shape index (κ2) is 11.8. The number of amides is 1. The molecule has 0 saturated heterocycles. The molecule has 0 aromatic heterocycles. The van der Waals surface area contributed by atoms with Gasteiger partial charge in [0.2, 0.25) is 0 Å². The highest BCUT2D eigenvalue weighted by molar-refractivity contribution is 5.68. The predicted molar refractivity (Wildman–Crippen MR) is 124 cm³/mol. The van der Waals surface area contributed by atoms with Gasteiger partial charge in [-0.15, -0.1) is 0 Å². The van der Waals surface area contributed by atoms with Gasteiger partial charge in [-0.25, -0.2) is 4.79 Å². The highest BCUT2D eigenvalue weighted by Gasteiger charge is 2.46. The number of aliphatic hydroxyl groups excluding tert-OH is 1. The summed E-state index contributed by atoms with van der Waals surface area (Å²) in [7, 11) is 1.63. The number of carbonyl (C=O) groups is 1. The molecule has 1 saturated carbocycles. The van der Waals surface area contributed by atoms with Crippen LogP contribution in [-0.2, 0) is 11.3 Å². The topological polar surface area (TPSA) is 77.0 Å². The van der Waals surface area contributed by atoms with E-state index in [1.54, 1.807) is 7.11 Å². The molecule has 3 rings (SSSR count). The molecule has 0 unspecified atom stereocenters. The minimum absolute atomic E-state index is 0.147. The molecule has 2 aromatic carbocycles. The summed E-state index contributed by atoms with van der Waals surface area (Å²) in [6.07, 6.45) is 3.91. The van der Waals surface area contributed by atoms with E-state index in [2.05, 4.69) is 12.2 Å². The minimum Gasteiger partial charge on any atom is -0.497 e. The maximum Gasteiger partial charge on any atom is 0.407 e. The number of carbonyl (C=O) groups excluding carboxylic acids is 1. The highest BCUT2D eigenvalue weighted by Crippen LogP contribution is 2.43. The predicted octanol–water partition coefficient (Wildman–Crippen LogP) is 4.95. The van der Waals surface area contributed by atoms with Gasteiger partial charge >= 0.3 is 6.09 Å². The Morgan fingerprint density at radius 2 is 1.88 bits per heavy atom. The van der Waals surface area contributed by atoms with Crippen molar-refractivity contribution in [3.8, 4) is 11.5 Å². The number of ether oxygens (including phenoxy) is 3. The van der Waals surface area contributed by atoms with Crippen LogP contribution in [0.15, 0.2) is 54.6 Å². The van der Waals surface area contributed by atoms with E-state index in [1.165, 1.54) is 0 Å². The normalized spacial score (nSPS) is 21.0. The molecule has 0 radical (unpaired) electrons. The molecule has 0 heterocycles. The van der Waals surface area contributed by atoms with Crippen molar-refractivity contribution in [2.45, 2.75) is 51.2 Å². The number of methoxy groups -OCH3 is 1. The fraction of sp³-hybridized carbons (Fsp3) is 0.500. The van der Waals surface area contributed by atoms with Crippen molar-refractivity contribution in [3.05, 3.63) is 60.2 Å². The Hall–Kier alpha value is -2.73. The third-order valence-corrected chi connectivity index (χ3v) is 6.56. The zero-order valence-corrected chi connectivity index (χ0v) is 19.1. The number of aliphatic hydroxyl groups is 1. The molecule has 0 spiro atoms. The molecule has 6 heteroatoms. The Bertz CT molecular complexity index is 826. The molecule has 1 amide bonds. The lowest BCUT2D eigenvalue weighted by molar-refractivity contribution is 0.0935. The Kier molecular flexibility index (Phi) is 8.80. The zero-order valence-electron chi connectivity index (χ0n) is 19.1. The molecular formula is C26H35NO5. The van der Waals surface area contributed by atoms with Crippen LogP contribution in [0.1, 0.15) is 44.6 Å². The molecule has 2 N–H and O–H groups in total. The smallest absolute Gasteiger partial charge is 0.407 e. The average Bonchev–Trinajstić information content (AvgIpc) is 3.22. The number of nitrogens with one attached hydrogen (secondary N) is 1. The second-order valence-electron chi connectivity index (χ2n) is 8.61. The van der Waals surface area contributed by atoms with Crippen molar-refractivity contribution in [3.63, 3.8) is 0 Å². The van der Waals surface area contributed by atoms with Crippen LogP contribution in [0.5, 0.6) is 11.5 Å². The fourth-order valence-corrected chi connectivity index (χ4v) is 4.85. The van der Waals surface area contributed by atoms with Gasteiger partial charge in [0.1, 0.15) is 18.1 Å². The van der Waals surface area contributed by atoms with E-state index in [-0.39, 0.29) is 25.0 Å². The first-order valence-electron chi connectivity index (χ1n) is 11.4. The first-order valence-corrected chi connectivity index (χ1v) is 11.4. The molecule has 174 valence electrons. The van der Waals surface area contributed by atoms with Gasteiger partial charge in [-0.2, -0.15) is 0 Å². The summed E-state index contributed by atoms with van der Waals surface area (Å²) in [5.41, 5.74) is 0.547. The summed E-state index contributed by atoms with van der Waals surface area (Å²) in [6, 6.07) is 17.2. The van der Waals surface area contributed by atoms with Gasteiger partial charge in [0.15, 0.2) is 0 Å². The van der Waals surface area contributed by atoms with E-state index < -0.39 is 11.6 Å². The molecular weight excluding hydrogens is 406 g/mol. The van der Waals surface area contributed by atoms with Crippen LogP contribution in [-0.4, -0.2) is 37.1 Å². The third-order valence-electron chi connectivity index (χ3n) is 6.56. The first-order chi connectivity index (χ1) is 15.6. The van der Waals surface area contributed by atoms with Crippen molar-refractivity contribution in [2.75, 3.05) is 20.3 Å². The van der Waals surface area contributed by atoms with Crippen molar-refractivity contribution < 1.29 is 24.1 Å². The summed E-state index contributed by atoms with van der Waals surface area (Å²) in [4.78, 5) is 12.8. The quantitative estimate of drug-likeness (QED) is 0.516. The van der Waals surface area contributed by atoms with Crippen LogP contribution >= 0.6 is 0 Å². The van der Waals surface area contributed by atoms with Crippen LogP contribution in [0.4, 0.5) is 4.79 Å². The highest BCUT2D eigenvalue weighted by atomic mass is 16.5. The Morgan fingerprint density at radius 3 is 2.56 bits per heavy atom. The molecule has 1 aliphatic rings. The van der Waals surface area contributed by atoms with Gasteiger partial charge in [0.05, 0.1) is 13.7 Å². The molecule has 0 aliphatic heterocycles. The van der Waals surface area contributed by atoms with Crippen molar-refractivity contribution in [1.29, 1.82) is 0 Å². The van der Waals surface area contributed by atoms with E-state index in [4.69, 9.17) is 14.2 Å². The Labute approximate surface area is 190 Å². The maximum atomic E-state index is 12.8. The molecule has 0 bridgehead atoms. The number of rotatable bonds is 11. The van der Waals surface area contributed by atoms with Crippen molar-refractivity contribution in [1.82, 2.24) is 5.32 Å². The van der Waals surface area contributed by atoms with Crippen LogP contribution in [0, 0.1) is 11.8 Å². The van der Waals surface area contributed by atoms with Gasteiger partial charge in [-0.05, 0) is 60.9 Å². The van der Waals surface area contributed by atoms with E-state index in [0.717, 1.165) is 36.3 Å². The Morgan fingerprint density at radius 1 is 1.16 bits per heavy atom. The molecule has 32 heavy (non-hydrogen) atoms. The maximum absolute atomic E-state index is 12.8. The molecule has 6 nitrogen and oxygen atoms in total. The Balaban J connectivity index is 1.65. The summed E-state index contributed by atoms with van der Waals surface area (Å²) in [6.45, 7) is 3.02. The molecule has 1 fully saturated rings. The van der Waals surface area contributed by atoms with E-state index in [0.29, 0.717) is 19.4 Å². The first kappa shape index (κ1) is 23.9. The summed E-state index contributed by atoms with van der Waals surface area (Å²) in [5, 5.41) is 12.7. The van der Waals surface area contributed by atoms with Crippen LogP contribution in [0.25, 0.3) is 0 Å². The van der Waals surface area contributed by atoms with Crippen LogP contribution in [0.3, 0.4) is 0 Å². The lowest BCUT2D eigenvalue weighted by atomic mass is 9.76. The van der Waals surface area contributed by atoms with Crippen molar-refractivity contribution >= 4 is 6.09 Å². The monoisotopic (exact) mass is 441 g/mol. The number of hydrogen-bond acceptors (Lipinski definition) is 5. The number of alkyl carbamates (subject to hydrolysis) is 1. The lowest BCUT2D eigenvalue weighted by Crippen LogP contribution is -2.53. The van der Waals surface area contributed by atoms with E-state index in [1.807, 2.05) is 54.6 Å². The standard InChI is InChI=1S/C26H35NO5/c1-20(14-17-28)24-9-6-15-26(24,16-18-31-23-12-10-22(30-2)11-13-23)27-25(29)32-19-21-7-4-3-5-8-21/h3-5,7-8,10-13,20,24,28H,6,9,14-19H2,1-2H3,(H,27,29)/t20-,24+,26-/m0/s1. The second-order valence-corrected chi connectivity index (χ2v) is 8.61. The van der Waals surface area contributed by atoms with Crippen LogP contribution in [0.2, 0.25) is 0 Å². The summed E-state index contributed by atoms with van der Waals surface area (Å²) >= 11 is 0. The van der Waals surface area contributed by atoms with Gasteiger partial charge < -0.3 is 24.6 Å². The van der Waals surface area contributed by atoms with Gasteiger partial charge in [-0.3, -0.25) is 0 Å². The van der Waals surface area contributed by atoms with Gasteiger partial charge in [0, 0.05) is 18.6 Å². The number of benzene rings is 2. The molecule has 3 atom stereocenters. The van der Waals surface area contributed by atoms with E-state index in [9.17, 15) is 9.90 Å². The SMILES string of the molecule is COc1ccc(OCC[C@@]2(NC(=O)OCc3ccccc3)CCC[C@@H]2[C@@H](C)CCO)cc1. The largest absolute Gasteiger partial charge is 0.497 e. The molecule has 1 aliphatic carbocycles. The third kappa shape index (κ3) is 6.39. The van der Waals surface area contributed by atoms with Gasteiger partial charge in [0.25, 0.3) is 0 Å². The van der Waals surface area contributed by atoms with Crippen LogP contribution < -0.4 is 14.8 Å². The fourth-order valence-electron chi connectivity index (χ4n) is 4.85. The van der Waals surface area contributed by atoms with E-state index >= 15 is 0 Å². The summed E-state index contributed by atoms with van der Waals surface area (Å²) < 4.78 is 16.7. The molecule has 2 aromatic rings. The zero-order chi connectivity index (χ0) is 22.8. The number of hydrogen-bond donors (Lipinski definition) is 2. The minimum atomic E-state index is -0.408. The van der Waals surface area contributed by atoms with Crippen molar-refractivity contribution in [2.24, 2.45) is 11.8 Å². The van der Waals surface area contributed by atoms with Gasteiger partial charge in [-0.1, -0.05) is 43.7 Å².